The summed E-state index contributed by atoms with van der Waals surface area (Å²) in [6.07, 6.45) is 1.67. The molecule has 0 spiro atoms. The van der Waals surface area contributed by atoms with Gasteiger partial charge in [0.15, 0.2) is 0 Å². The predicted octanol–water partition coefficient (Wildman–Crippen LogP) is 4.48. The number of anilines is 1. The molecule has 2 heterocycles. The Morgan fingerprint density at radius 1 is 1.09 bits per heavy atom. The van der Waals surface area contributed by atoms with Gasteiger partial charge in [-0.2, -0.15) is 0 Å². The largest absolute Gasteiger partial charge is 0.508 e. The van der Waals surface area contributed by atoms with Crippen LogP contribution in [0.3, 0.4) is 0 Å². The zero-order valence-corrected chi connectivity index (χ0v) is 19.7. The molecule has 3 aromatic rings. The van der Waals surface area contributed by atoms with Gasteiger partial charge in [-0.3, -0.25) is 19.3 Å². The van der Waals surface area contributed by atoms with E-state index in [-0.39, 0.29) is 17.2 Å². The summed E-state index contributed by atoms with van der Waals surface area (Å²) < 4.78 is 7.08. The zero-order chi connectivity index (χ0) is 24.4. The van der Waals surface area contributed by atoms with Crippen LogP contribution in [-0.4, -0.2) is 45.3 Å². The number of ether oxygens (including phenoxy) is 1. The molecule has 2 aromatic carbocycles. The van der Waals surface area contributed by atoms with E-state index in [2.05, 4.69) is 5.32 Å². The highest BCUT2D eigenvalue weighted by molar-refractivity contribution is 8.18. The lowest BCUT2D eigenvalue weighted by Gasteiger charge is -2.12. The number of methoxy groups -OCH3 is 1. The fraction of sp³-hybridized carbons (Fsp3) is 0.160. The standard InChI is InChI=1S/C25H23N3O5S/c1-15-12-17(16(2)28(15)19-6-8-20(29)9-7-19)13-22-24(31)27(25(32)34-22)14-23(30)26-18-4-10-21(33-3)11-5-18/h4-13,29H,14H2,1-3H3,(H,26,30)/b22-13+. The molecule has 0 aliphatic carbocycles. The number of nitrogens with zero attached hydrogens (tertiary/aromatic N) is 2. The molecule has 0 saturated carbocycles. The molecule has 3 amide bonds. The quantitative estimate of drug-likeness (QED) is 0.508. The number of amides is 3. The van der Waals surface area contributed by atoms with Crippen molar-refractivity contribution in [3.05, 3.63) is 76.5 Å². The Hall–Kier alpha value is -3.98. The van der Waals surface area contributed by atoms with E-state index in [9.17, 15) is 19.5 Å². The Kier molecular flexibility index (Phi) is 6.47. The van der Waals surface area contributed by atoms with Gasteiger partial charge in [-0.25, -0.2) is 0 Å². The van der Waals surface area contributed by atoms with Gasteiger partial charge in [-0.05, 0) is 91.8 Å². The SMILES string of the molecule is COc1ccc(NC(=O)CN2C(=O)S/C(=C/c3cc(C)n(-c4ccc(O)cc4)c3C)C2=O)cc1. The van der Waals surface area contributed by atoms with Crippen LogP contribution in [0.2, 0.25) is 0 Å². The van der Waals surface area contributed by atoms with E-state index in [4.69, 9.17) is 4.74 Å². The number of hydrogen-bond acceptors (Lipinski definition) is 6. The summed E-state index contributed by atoms with van der Waals surface area (Å²) in [5, 5.41) is 11.7. The number of imide groups is 1. The highest BCUT2D eigenvalue weighted by Gasteiger charge is 2.36. The Morgan fingerprint density at radius 3 is 2.41 bits per heavy atom. The van der Waals surface area contributed by atoms with Crippen molar-refractivity contribution in [3.8, 4) is 17.2 Å². The Morgan fingerprint density at radius 2 is 1.76 bits per heavy atom. The Bertz CT molecular complexity index is 1290. The molecular weight excluding hydrogens is 454 g/mol. The second-order valence-electron chi connectivity index (χ2n) is 7.72. The third-order valence-corrected chi connectivity index (χ3v) is 6.32. The average molecular weight is 478 g/mol. The summed E-state index contributed by atoms with van der Waals surface area (Å²) in [4.78, 5) is 39.0. The molecule has 2 N–H and O–H groups in total. The molecule has 0 bridgehead atoms. The summed E-state index contributed by atoms with van der Waals surface area (Å²) in [5.74, 6) is -0.150. The highest BCUT2D eigenvalue weighted by atomic mass is 32.2. The summed E-state index contributed by atoms with van der Waals surface area (Å²) in [6.45, 7) is 3.48. The summed E-state index contributed by atoms with van der Waals surface area (Å²) in [6, 6.07) is 15.5. The summed E-state index contributed by atoms with van der Waals surface area (Å²) >= 11 is 0.811. The number of carbonyl (C=O) groups is 3. The average Bonchev–Trinajstić information content (AvgIpc) is 3.24. The number of aryl methyl sites for hydroxylation is 1. The number of rotatable bonds is 6. The van der Waals surface area contributed by atoms with Gasteiger partial charge in [0.05, 0.1) is 12.0 Å². The van der Waals surface area contributed by atoms with Crippen molar-refractivity contribution in [2.75, 3.05) is 19.0 Å². The predicted molar refractivity (Wildman–Crippen MR) is 131 cm³/mol. The zero-order valence-electron chi connectivity index (χ0n) is 18.9. The number of nitrogens with one attached hydrogen (secondary N) is 1. The fourth-order valence-electron chi connectivity index (χ4n) is 3.73. The molecule has 1 fully saturated rings. The van der Waals surface area contributed by atoms with Crippen LogP contribution in [0.1, 0.15) is 17.0 Å². The van der Waals surface area contributed by atoms with Gasteiger partial charge < -0.3 is 19.7 Å². The number of aromatic nitrogens is 1. The van der Waals surface area contributed by atoms with Crippen molar-refractivity contribution in [1.82, 2.24) is 9.47 Å². The van der Waals surface area contributed by atoms with E-state index in [1.54, 1.807) is 61.7 Å². The maximum absolute atomic E-state index is 12.9. The van der Waals surface area contributed by atoms with Gasteiger partial charge >= 0.3 is 0 Å². The number of hydrogen-bond donors (Lipinski definition) is 2. The molecule has 0 unspecified atom stereocenters. The molecule has 0 radical (unpaired) electrons. The minimum Gasteiger partial charge on any atom is -0.508 e. The van der Waals surface area contributed by atoms with Crippen molar-refractivity contribution in [1.29, 1.82) is 0 Å². The molecule has 9 heteroatoms. The van der Waals surface area contributed by atoms with Crippen LogP contribution in [0, 0.1) is 13.8 Å². The molecule has 4 rings (SSSR count). The minimum absolute atomic E-state index is 0.177. The van der Waals surface area contributed by atoms with E-state index >= 15 is 0 Å². The lowest BCUT2D eigenvalue weighted by Crippen LogP contribution is -2.36. The van der Waals surface area contributed by atoms with Crippen LogP contribution in [0.25, 0.3) is 11.8 Å². The van der Waals surface area contributed by atoms with Gasteiger partial charge in [0.1, 0.15) is 18.0 Å². The minimum atomic E-state index is -0.505. The number of thioether (sulfide) groups is 1. The Balaban J connectivity index is 1.50. The van der Waals surface area contributed by atoms with Crippen molar-refractivity contribution < 1.29 is 24.2 Å². The van der Waals surface area contributed by atoms with Crippen LogP contribution >= 0.6 is 11.8 Å². The van der Waals surface area contributed by atoms with Crippen LogP contribution in [0.15, 0.2) is 59.5 Å². The number of benzene rings is 2. The number of phenolic OH excluding ortho intramolecular Hbond substituents is 1. The third kappa shape index (κ3) is 4.69. The van der Waals surface area contributed by atoms with Gasteiger partial charge in [0.2, 0.25) is 5.91 Å². The second-order valence-corrected chi connectivity index (χ2v) is 8.72. The normalized spacial score (nSPS) is 14.7. The second kappa shape index (κ2) is 9.48. The number of carbonyl (C=O) groups excluding carboxylic acids is 3. The molecular formula is C25H23N3O5S. The molecule has 174 valence electrons. The molecule has 1 aromatic heterocycles. The molecule has 1 aliphatic rings. The van der Waals surface area contributed by atoms with E-state index in [0.717, 1.165) is 39.3 Å². The molecule has 8 nitrogen and oxygen atoms in total. The summed E-state index contributed by atoms with van der Waals surface area (Å²) in [5.41, 5.74) is 4.02. The Labute approximate surface area is 200 Å². The van der Waals surface area contributed by atoms with Gasteiger partial charge in [0, 0.05) is 22.8 Å². The number of aromatic hydroxyl groups is 1. The van der Waals surface area contributed by atoms with Crippen molar-refractivity contribution >= 4 is 40.6 Å². The first-order valence-corrected chi connectivity index (χ1v) is 11.3. The molecule has 1 aliphatic heterocycles. The third-order valence-electron chi connectivity index (χ3n) is 5.41. The van der Waals surface area contributed by atoms with Crippen molar-refractivity contribution in [2.24, 2.45) is 0 Å². The van der Waals surface area contributed by atoms with Gasteiger partial charge in [-0.15, -0.1) is 0 Å². The van der Waals surface area contributed by atoms with E-state index in [0.29, 0.717) is 11.4 Å². The van der Waals surface area contributed by atoms with Crippen LogP contribution in [0.4, 0.5) is 10.5 Å². The lowest BCUT2D eigenvalue weighted by atomic mass is 10.2. The van der Waals surface area contributed by atoms with E-state index in [1.807, 2.05) is 24.5 Å². The van der Waals surface area contributed by atoms with E-state index < -0.39 is 17.1 Å². The van der Waals surface area contributed by atoms with Crippen LogP contribution < -0.4 is 10.1 Å². The lowest BCUT2D eigenvalue weighted by molar-refractivity contribution is -0.127. The van der Waals surface area contributed by atoms with Crippen molar-refractivity contribution in [3.63, 3.8) is 0 Å². The molecule has 1 saturated heterocycles. The monoisotopic (exact) mass is 477 g/mol. The summed E-state index contributed by atoms with van der Waals surface area (Å²) in [7, 11) is 1.55. The van der Waals surface area contributed by atoms with Gasteiger partial charge in [-0.1, -0.05) is 0 Å². The van der Waals surface area contributed by atoms with E-state index in [1.165, 1.54) is 0 Å². The maximum atomic E-state index is 12.9. The first kappa shape index (κ1) is 23.2. The van der Waals surface area contributed by atoms with Crippen LogP contribution in [0.5, 0.6) is 11.5 Å². The highest BCUT2D eigenvalue weighted by Crippen LogP contribution is 2.34. The fourth-order valence-corrected chi connectivity index (χ4v) is 4.56. The number of phenols is 1. The van der Waals surface area contributed by atoms with Gasteiger partial charge in [0.25, 0.3) is 11.1 Å². The first-order valence-electron chi connectivity index (χ1n) is 10.4. The smallest absolute Gasteiger partial charge is 0.294 e. The molecule has 0 atom stereocenters. The topological polar surface area (TPSA) is 101 Å². The van der Waals surface area contributed by atoms with Crippen molar-refractivity contribution in [2.45, 2.75) is 13.8 Å². The first-order chi connectivity index (χ1) is 16.3. The molecule has 34 heavy (non-hydrogen) atoms. The van der Waals surface area contributed by atoms with Crippen LogP contribution in [-0.2, 0) is 9.59 Å². The maximum Gasteiger partial charge on any atom is 0.294 e.